The molecule has 4 N–H and O–H groups in total. The number of aliphatic hydroxyl groups is 4. The summed E-state index contributed by atoms with van der Waals surface area (Å²) in [5.74, 6) is -0.838. The van der Waals surface area contributed by atoms with Crippen LogP contribution in [0, 0.1) is 0 Å². The average molecular weight is 617 g/mol. The molecule has 43 heavy (non-hydrogen) atoms. The van der Waals surface area contributed by atoms with Crippen LogP contribution in [0.5, 0.6) is 0 Å². The molecule has 1 aliphatic rings. The average Bonchev–Trinajstić information content (AvgIpc) is 3.00. The minimum atomic E-state index is -1.59. The molecule has 1 saturated heterocycles. The molecule has 1 rings (SSSR count). The van der Waals surface area contributed by atoms with Crippen molar-refractivity contribution in [3.05, 3.63) is 12.2 Å². The summed E-state index contributed by atoms with van der Waals surface area (Å²) in [4.78, 5) is 24.7. The van der Waals surface area contributed by atoms with Gasteiger partial charge in [-0.1, -0.05) is 90.2 Å². The minimum absolute atomic E-state index is 0.220. The molecule has 0 aromatic carbocycles. The van der Waals surface area contributed by atoms with Crippen molar-refractivity contribution in [2.45, 2.75) is 166 Å². The maximum absolute atomic E-state index is 12.6. The van der Waals surface area contributed by atoms with Gasteiger partial charge in [0.1, 0.15) is 31.0 Å². The largest absolute Gasteiger partial charge is 0.462 e. The van der Waals surface area contributed by atoms with Gasteiger partial charge in [-0.05, 0) is 38.5 Å². The lowest BCUT2D eigenvalue weighted by Crippen LogP contribution is -2.59. The minimum Gasteiger partial charge on any atom is -0.462 e. The Kier molecular flexibility index (Phi) is 23.6. The molecule has 0 amide bonds. The summed E-state index contributed by atoms with van der Waals surface area (Å²) in [6, 6.07) is 0. The second-order valence-electron chi connectivity index (χ2n) is 11.6. The Morgan fingerprint density at radius 2 is 1.23 bits per heavy atom. The van der Waals surface area contributed by atoms with Crippen LogP contribution in [-0.4, -0.2) is 89.0 Å². The zero-order valence-corrected chi connectivity index (χ0v) is 26.7. The molecular weight excluding hydrogens is 556 g/mol. The fourth-order valence-electron chi connectivity index (χ4n) is 4.89. The van der Waals surface area contributed by atoms with Crippen molar-refractivity contribution in [1.82, 2.24) is 0 Å². The molecule has 0 aromatic rings. The number of aliphatic hydroxyl groups excluding tert-OH is 4. The summed E-state index contributed by atoms with van der Waals surface area (Å²) in [5.41, 5.74) is 0. The Bertz CT molecular complexity index is 728. The first-order chi connectivity index (χ1) is 20.8. The van der Waals surface area contributed by atoms with Crippen LogP contribution in [0.4, 0.5) is 0 Å². The highest BCUT2D eigenvalue weighted by Gasteiger charge is 2.44. The standard InChI is InChI=1S/C33H60O10/c1-3-5-7-9-10-11-12-13-14-15-16-17-18-20-22-29(36)42-26(24-40-28(35)21-19-8-6-4-2)25-41-33-32(39)31(38)30(37)27(23-34)43-33/h12-13,26-27,30-34,37-39H,3-11,14-25H2,1-2H3/b13-12-. The third-order valence-electron chi connectivity index (χ3n) is 7.65. The van der Waals surface area contributed by atoms with E-state index in [9.17, 15) is 30.0 Å². The molecule has 252 valence electrons. The van der Waals surface area contributed by atoms with Crippen LogP contribution in [0.3, 0.4) is 0 Å². The van der Waals surface area contributed by atoms with Gasteiger partial charge in [-0.2, -0.15) is 0 Å². The van der Waals surface area contributed by atoms with Gasteiger partial charge < -0.3 is 39.4 Å². The van der Waals surface area contributed by atoms with Gasteiger partial charge >= 0.3 is 11.9 Å². The SMILES string of the molecule is CCCCCCC/C=C\CCCCCCCC(=O)OC(COC(=O)CCCCCC)COC1OC(CO)C(O)C(O)C1O. The van der Waals surface area contributed by atoms with Gasteiger partial charge in [-0.15, -0.1) is 0 Å². The van der Waals surface area contributed by atoms with E-state index in [2.05, 4.69) is 26.0 Å². The van der Waals surface area contributed by atoms with Crippen molar-refractivity contribution in [2.24, 2.45) is 0 Å². The van der Waals surface area contributed by atoms with Crippen molar-refractivity contribution in [1.29, 1.82) is 0 Å². The Hall–Kier alpha value is -1.56. The van der Waals surface area contributed by atoms with Gasteiger partial charge in [0.15, 0.2) is 12.4 Å². The van der Waals surface area contributed by atoms with Crippen LogP contribution < -0.4 is 0 Å². The van der Waals surface area contributed by atoms with E-state index in [0.29, 0.717) is 12.8 Å². The molecule has 0 aliphatic carbocycles. The Morgan fingerprint density at radius 1 is 0.698 bits per heavy atom. The quantitative estimate of drug-likeness (QED) is 0.0601. The number of ether oxygens (including phenoxy) is 4. The van der Waals surface area contributed by atoms with Gasteiger partial charge in [-0.25, -0.2) is 0 Å². The van der Waals surface area contributed by atoms with Gasteiger partial charge in [0.25, 0.3) is 0 Å². The molecule has 6 atom stereocenters. The van der Waals surface area contributed by atoms with Crippen LogP contribution in [0.15, 0.2) is 12.2 Å². The van der Waals surface area contributed by atoms with Crippen LogP contribution >= 0.6 is 0 Å². The van der Waals surface area contributed by atoms with E-state index in [-0.39, 0.29) is 26.1 Å². The molecule has 10 nitrogen and oxygen atoms in total. The molecule has 1 heterocycles. The van der Waals surface area contributed by atoms with Crippen molar-refractivity contribution in [3.63, 3.8) is 0 Å². The molecule has 0 radical (unpaired) electrons. The summed E-state index contributed by atoms with van der Waals surface area (Å²) in [6.07, 6.45) is 14.3. The second-order valence-corrected chi connectivity index (χ2v) is 11.6. The number of allylic oxidation sites excluding steroid dienone is 2. The molecule has 10 heteroatoms. The van der Waals surface area contributed by atoms with E-state index in [1.807, 2.05) is 0 Å². The van der Waals surface area contributed by atoms with Gasteiger partial charge in [-0.3, -0.25) is 9.59 Å². The van der Waals surface area contributed by atoms with Crippen molar-refractivity contribution < 1.29 is 49.0 Å². The Labute approximate surface area is 259 Å². The summed E-state index contributed by atoms with van der Waals surface area (Å²) in [7, 11) is 0. The second kappa shape index (κ2) is 25.7. The topological polar surface area (TPSA) is 152 Å². The first kappa shape index (κ1) is 39.5. The summed E-state index contributed by atoms with van der Waals surface area (Å²) < 4.78 is 21.8. The van der Waals surface area contributed by atoms with Crippen LogP contribution in [0.1, 0.15) is 129 Å². The number of carbonyl (C=O) groups is 2. The number of rotatable bonds is 26. The number of esters is 2. The fourth-order valence-corrected chi connectivity index (χ4v) is 4.89. The van der Waals surface area contributed by atoms with Crippen molar-refractivity contribution >= 4 is 11.9 Å². The van der Waals surface area contributed by atoms with E-state index in [1.54, 1.807) is 0 Å². The lowest BCUT2D eigenvalue weighted by molar-refractivity contribution is -0.305. The number of unbranched alkanes of at least 4 members (excludes halogenated alkanes) is 13. The molecule has 0 bridgehead atoms. The van der Waals surface area contributed by atoms with E-state index in [1.165, 1.54) is 38.5 Å². The number of hydrogen-bond donors (Lipinski definition) is 4. The fraction of sp³-hybridized carbons (Fsp3) is 0.879. The lowest BCUT2D eigenvalue weighted by atomic mass is 9.99. The highest BCUT2D eigenvalue weighted by molar-refractivity contribution is 5.70. The molecule has 0 spiro atoms. The van der Waals surface area contributed by atoms with Crippen molar-refractivity contribution in [2.75, 3.05) is 19.8 Å². The molecule has 0 saturated carbocycles. The highest BCUT2D eigenvalue weighted by Crippen LogP contribution is 2.22. The van der Waals surface area contributed by atoms with Crippen LogP contribution in [0.2, 0.25) is 0 Å². The summed E-state index contributed by atoms with van der Waals surface area (Å²) >= 11 is 0. The maximum atomic E-state index is 12.6. The zero-order valence-electron chi connectivity index (χ0n) is 26.7. The monoisotopic (exact) mass is 616 g/mol. The van der Waals surface area contributed by atoms with E-state index < -0.39 is 55.4 Å². The third-order valence-corrected chi connectivity index (χ3v) is 7.65. The first-order valence-corrected chi connectivity index (χ1v) is 16.8. The molecular formula is C33H60O10. The molecule has 6 unspecified atom stereocenters. The van der Waals surface area contributed by atoms with Gasteiger partial charge in [0.05, 0.1) is 13.2 Å². The third kappa shape index (κ3) is 18.8. The lowest BCUT2D eigenvalue weighted by Gasteiger charge is -2.39. The van der Waals surface area contributed by atoms with Gasteiger partial charge in [0, 0.05) is 12.8 Å². The van der Waals surface area contributed by atoms with E-state index in [0.717, 1.165) is 51.4 Å². The van der Waals surface area contributed by atoms with Crippen LogP contribution in [-0.2, 0) is 28.5 Å². The normalized spacial score (nSPS) is 23.0. The predicted octanol–water partition coefficient (Wildman–Crippen LogP) is 4.88. The Morgan fingerprint density at radius 3 is 1.84 bits per heavy atom. The first-order valence-electron chi connectivity index (χ1n) is 16.8. The summed E-state index contributed by atoms with van der Waals surface area (Å²) in [6.45, 7) is 3.23. The number of hydrogen-bond acceptors (Lipinski definition) is 10. The predicted molar refractivity (Wildman–Crippen MR) is 164 cm³/mol. The maximum Gasteiger partial charge on any atom is 0.306 e. The van der Waals surface area contributed by atoms with E-state index >= 15 is 0 Å². The molecule has 0 aromatic heterocycles. The van der Waals surface area contributed by atoms with Crippen LogP contribution in [0.25, 0.3) is 0 Å². The zero-order chi connectivity index (χ0) is 31.7. The highest BCUT2D eigenvalue weighted by atomic mass is 16.7. The molecule has 1 aliphatic heterocycles. The number of carbonyl (C=O) groups excluding carboxylic acids is 2. The molecule has 1 fully saturated rings. The van der Waals surface area contributed by atoms with E-state index in [4.69, 9.17) is 18.9 Å². The van der Waals surface area contributed by atoms with Crippen molar-refractivity contribution in [3.8, 4) is 0 Å². The van der Waals surface area contributed by atoms with Gasteiger partial charge in [0.2, 0.25) is 0 Å². The smallest absolute Gasteiger partial charge is 0.306 e. The Balaban J connectivity index is 2.40. The summed E-state index contributed by atoms with van der Waals surface area (Å²) in [5, 5.41) is 39.6.